The van der Waals surface area contributed by atoms with Crippen LogP contribution in [0, 0.1) is 40.4 Å². The molecular formula is C22H36O2. The summed E-state index contributed by atoms with van der Waals surface area (Å²) in [6, 6.07) is 0. The van der Waals surface area contributed by atoms with E-state index in [4.69, 9.17) is 0 Å². The molecule has 4 aliphatic carbocycles. The minimum absolute atomic E-state index is 0.274. The molecule has 0 heterocycles. The Bertz CT molecular complexity index is 538. The van der Waals surface area contributed by atoms with Gasteiger partial charge < -0.3 is 5.11 Å². The van der Waals surface area contributed by atoms with Crippen LogP contribution < -0.4 is 0 Å². The van der Waals surface area contributed by atoms with Gasteiger partial charge in [0.15, 0.2) is 0 Å². The minimum Gasteiger partial charge on any atom is -0.390 e. The number of carbonyl (C=O) groups is 1. The Kier molecular flexibility index (Phi) is 3.78. The summed E-state index contributed by atoms with van der Waals surface area (Å²) in [5, 5.41) is 10.6. The molecule has 136 valence electrons. The van der Waals surface area contributed by atoms with Crippen molar-refractivity contribution < 1.29 is 9.90 Å². The molecule has 0 amide bonds. The van der Waals surface area contributed by atoms with Gasteiger partial charge in [-0.05, 0) is 106 Å². The second kappa shape index (κ2) is 5.32. The first-order valence-electron chi connectivity index (χ1n) is 10.4. The van der Waals surface area contributed by atoms with Crippen LogP contribution in [0.1, 0.15) is 85.5 Å². The highest BCUT2D eigenvalue weighted by Gasteiger charge is 2.61. The van der Waals surface area contributed by atoms with Crippen molar-refractivity contribution in [1.82, 2.24) is 0 Å². The number of hydrogen-bond donors (Lipinski definition) is 1. The van der Waals surface area contributed by atoms with Gasteiger partial charge in [-0.3, -0.25) is 4.79 Å². The standard InChI is InChI=1S/C22H36O2/c1-14(23)17-7-8-18-16-6-5-15-13-20(2,24)11-12-21(15,3)19(16)9-10-22(17,18)4/h15-19,24H,5-13H2,1-4H3/t15-,16-,17?,18-,19-,20+,21-,22+/m0/s1. The molecule has 0 spiro atoms. The molecular weight excluding hydrogens is 296 g/mol. The number of fused-ring (bicyclic) bond motifs is 5. The van der Waals surface area contributed by atoms with Crippen LogP contribution in [-0.4, -0.2) is 16.5 Å². The lowest BCUT2D eigenvalue weighted by Crippen LogP contribution is -2.55. The molecule has 8 atom stereocenters. The monoisotopic (exact) mass is 332 g/mol. The van der Waals surface area contributed by atoms with Crippen LogP contribution in [0.3, 0.4) is 0 Å². The van der Waals surface area contributed by atoms with Gasteiger partial charge in [0.2, 0.25) is 0 Å². The van der Waals surface area contributed by atoms with E-state index in [9.17, 15) is 9.90 Å². The summed E-state index contributed by atoms with van der Waals surface area (Å²) in [4.78, 5) is 12.2. The fourth-order valence-corrected chi connectivity index (χ4v) is 8.10. The number of hydrogen-bond acceptors (Lipinski definition) is 2. The molecule has 0 aliphatic heterocycles. The topological polar surface area (TPSA) is 37.3 Å². The van der Waals surface area contributed by atoms with E-state index < -0.39 is 5.60 Å². The molecule has 2 nitrogen and oxygen atoms in total. The van der Waals surface area contributed by atoms with Crippen molar-refractivity contribution in [3.8, 4) is 0 Å². The molecule has 0 radical (unpaired) electrons. The van der Waals surface area contributed by atoms with Gasteiger partial charge in [-0.15, -0.1) is 0 Å². The Morgan fingerprint density at radius 1 is 0.875 bits per heavy atom. The normalized spacial score (nSPS) is 57.0. The van der Waals surface area contributed by atoms with Crippen molar-refractivity contribution in [2.24, 2.45) is 40.4 Å². The number of Topliss-reactive ketones (excluding diaryl/α,β-unsaturated/α-hetero) is 1. The molecule has 4 aliphatic rings. The number of ketones is 1. The Hall–Kier alpha value is -0.370. The van der Waals surface area contributed by atoms with Gasteiger partial charge in [0, 0.05) is 5.92 Å². The quantitative estimate of drug-likeness (QED) is 0.735. The van der Waals surface area contributed by atoms with E-state index >= 15 is 0 Å². The summed E-state index contributed by atoms with van der Waals surface area (Å²) in [5.74, 6) is 3.89. The highest BCUT2D eigenvalue weighted by atomic mass is 16.3. The Balaban J connectivity index is 1.61. The average molecular weight is 333 g/mol. The van der Waals surface area contributed by atoms with Crippen LogP contribution in [0.4, 0.5) is 0 Å². The zero-order chi connectivity index (χ0) is 17.3. The van der Waals surface area contributed by atoms with Crippen LogP contribution in [0.25, 0.3) is 0 Å². The first-order valence-corrected chi connectivity index (χ1v) is 10.4. The predicted octanol–water partition coefficient (Wildman–Crippen LogP) is 4.99. The highest BCUT2D eigenvalue weighted by Crippen LogP contribution is 2.68. The first-order chi connectivity index (χ1) is 11.2. The van der Waals surface area contributed by atoms with Gasteiger partial charge >= 0.3 is 0 Å². The summed E-state index contributed by atoms with van der Waals surface area (Å²) >= 11 is 0. The maximum absolute atomic E-state index is 12.2. The molecule has 0 aromatic rings. The lowest BCUT2D eigenvalue weighted by atomic mass is 9.44. The molecule has 24 heavy (non-hydrogen) atoms. The Morgan fingerprint density at radius 2 is 1.58 bits per heavy atom. The molecule has 0 aromatic heterocycles. The first kappa shape index (κ1) is 17.1. The zero-order valence-corrected chi connectivity index (χ0v) is 16.1. The summed E-state index contributed by atoms with van der Waals surface area (Å²) in [6.45, 7) is 8.85. The number of carbonyl (C=O) groups excluding carboxylic acids is 1. The second-order valence-electron chi connectivity index (χ2n) is 10.6. The Morgan fingerprint density at radius 3 is 2.29 bits per heavy atom. The molecule has 4 fully saturated rings. The molecule has 0 saturated heterocycles. The van der Waals surface area contributed by atoms with Gasteiger partial charge in [-0.25, -0.2) is 0 Å². The summed E-state index contributed by atoms with van der Waals surface area (Å²) < 4.78 is 0. The summed E-state index contributed by atoms with van der Waals surface area (Å²) in [6.07, 6.45) is 10.8. The highest BCUT2D eigenvalue weighted by molar-refractivity contribution is 5.79. The van der Waals surface area contributed by atoms with Crippen LogP contribution in [0.2, 0.25) is 0 Å². The van der Waals surface area contributed by atoms with Gasteiger partial charge in [0.05, 0.1) is 5.60 Å². The molecule has 4 rings (SSSR count). The second-order valence-corrected chi connectivity index (χ2v) is 10.6. The summed E-state index contributed by atoms with van der Waals surface area (Å²) in [7, 11) is 0. The number of rotatable bonds is 1. The van der Waals surface area contributed by atoms with Crippen molar-refractivity contribution in [2.75, 3.05) is 0 Å². The third-order valence-electron chi connectivity index (χ3n) is 9.44. The SMILES string of the molecule is CC(=O)C1CC[C@H]2[C@@H]3CC[C@H]4C[C@](C)(O)CC[C@]4(C)[C@H]3CC[C@]12C. The third kappa shape index (κ3) is 2.27. The largest absolute Gasteiger partial charge is 0.390 e. The maximum Gasteiger partial charge on any atom is 0.133 e. The van der Waals surface area contributed by atoms with Gasteiger partial charge in [0.25, 0.3) is 0 Å². The van der Waals surface area contributed by atoms with E-state index in [1.807, 2.05) is 13.8 Å². The lowest BCUT2D eigenvalue weighted by Gasteiger charge is -2.61. The molecule has 0 bridgehead atoms. The van der Waals surface area contributed by atoms with Crippen molar-refractivity contribution in [3.63, 3.8) is 0 Å². The van der Waals surface area contributed by atoms with Gasteiger partial charge in [-0.1, -0.05) is 13.8 Å². The fraction of sp³-hybridized carbons (Fsp3) is 0.955. The van der Waals surface area contributed by atoms with Crippen molar-refractivity contribution >= 4 is 5.78 Å². The molecule has 1 unspecified atom stereocenters. The molecule has 1 N–H and O–H groups in total. The third-order valence-corrected chi connectivity index (χ3v) is 9.44. The van der Waals surface area contributed by atoms with Gasteiger partial charge in [-0.2, -0.15) is 0 Å². The zero-order valence-electron chi connectivity index (χ0n) is 16.1. The summed E-state index contributed by atoms with van der Waals surface area (Å²) in [5.41, 5.74) is 0.268. The lowest BCUT2D eigenvalue weighted by molar-refractivity contribution is -0.150. The smallest absolute Gasteiger partial charge is 0.133 e. The van der Waals surface area contributed by atoms with Crippen LogP contribution in [0.15, 0.2) is 0 Å². The molecule has 2 heteroatoms. The van der Waals surface area contributed by atoms with Crippen LogP contribution in [0.5, 0.6) is 0 Å². The predicted molar refractivity (Wildman–Crippen MR) is 96.5 cm³/mol. The van der Waals surface area contributed by atoms with Crippen molar-refractivity contribution in [1.29, 1.82) is 0 Å². The maximum atomic E-state index is 12.2. The van der Waals surface area contributed by atoms with Crippen LogP contribution in [-0.2, 0) is 4.79 Å². The van der Waals surface area contributed by atoms with E-state index in [2.05, 4.69) is 13.8 Å². The van der Waals surface area contributed by atoms with E-state index in [0.717, 1.165) is 37.0 Å². The van der Waals surface area contributed by atoms with Crippen molar-refractivity contribution in [3.05, 3.63) is 0 Å². The van der Waals surface area contributed by atoms with Crippen molar-refractivity contribution in [2.45, 2.75) is 91.1 Å². The Labute approximate surface area is 147 Å². The molecule has 0 aromatic carbocycles. The van der Waals surface area contributed by atoms with Crippen LogP contribution >= 0.6 is 0 Å². The fourth-order valence-electron chi connectivity index (χ4n) is 8.10. The molecule has 4 saturated carbocycles. The van der Waals surface area contributed by atoms with E-state index in [-0.39, 0.29) is 5.41 Å². The average Bonchev–Trinajstić information content (AvgIpc) is 2.85. The minimum atomic E-state index is -0.437. The van der Waals surface area contributed by atoms with E-state index in [0.29, 0.717) is 23.0 Å². The van der Waals surface area contributed by atoms with Gasteiger partial charge in [0.1, 0.15) is 5.78 Å². The number of aliphatic hydroxyl groups is 1. The van der Waals surface area contributed by atoms with E-state index in [1.54, 1.807) is 0 Å². The van der Waals surface area contributed by atoms with E-state index in [1.165, 1.54) is 38.5 Å².